The number of thiophene rings is 1. The Kier molecular flexibility index (Phi) is 8.02. The molecule has 2 amide bonds. The molecule has 8 nitrogen and oxygen atoms in total. The van der Waals surface area contributed by atoms with Gasteiger partial charge in [0.15, 0.2) is 0 Å². The number of hydrogen-bond acceptors (Lipinski definition) is 7. The monoisotopic (exact) mass is 382 g/mol. The summed E-state index contributed by atoms with van der Waals surface area (Å²) in [6.07, 6.45) is 0.927. The summed E-state index contributed by atoms with van der Waals surface area (Å²) in [4.78, 5) is 40.2. The highest BCUT2D eigenvalue weighted by Crippen LogP contribution is 2.23. The van der Waals surface area contributed by atoms with Gasteiger partial charge in [0.05, 0.1) is 25.9 Å². The molecule has 2 heterocycles. The molecule has 0 aromatic carbocycles. The molecule has 2 N–H and O–H groups in total. The standard InChI is InChI=1S/C17H26N4O4S/c1-3-5-18-14(22)11-20-6-8-21(9-7-20)12-15(23)19-13-4-10-26-16(13)17(24)25-2/h4,10H,3,5-9,11-12H2,1-2H3,(H,18,22)(H,19,23). The maximum atomic E-state index is 12.2. The highest BCUT2D eigenvalue weighted by atomic mass is 32.1. The van der Waals surface area contributed by atoms with Crippen molar-refractivity contribution in [2.75, 3.05) is 58.2 Å². The lowest BCUT2D eigenvalue weighted by Gasteiger charge is -2.33. The Morgan fingerprint density at radius 3 is 2.31 bits per heavy atom. The molecule has 0 atom stereocenters. The van der Waals surface area contributed by atoms with Gasteiger partial charge in [0.2, 0.25) is 11.8 Å². The van der Waals surface area contributed by atoms with Crippen molar-refractivity contribution < 1.29 is 19.1 Å². The molecule has 0 spiro atoms. The first-order valence-electron chi connectivity index (χ1n) is 8.70. The van der Waals surface area contributed by atoms with Crippen LogP contribution < -0.4 is 10.6 Å². The van der Waals surface area contributed by atoms with Crippen molar-refractivity contribution in [1.29, 1.82) is 0 Å². The number of hydrogen-bond donors (Lipinski definition) is 2. The fourth-order valence-corrected chi connectivity index (χ4v) is 3.45. The van der Waals surface area contributed by atoms with E-state index in [1.807, 2.05) is 11.8 Å². The lowest BCUT2D eigenvalue weighted by atomic mass is 10.3. The van der Waals surface area contributed by atoms with Gasteiger partial charge in [-0.1, -0.05) is 6.92 Å². The fraction of sp³-hybridized carbons (Fsp3) is 0.588. The third-order valence-corrected chi connectivity index (χ3v) is 4.98. The molecule has 0 aliphatic carbocycles. The van der Waals surface area contributed by atoms with Gasteiger partial charge in [-0.3, -0.25) is 19.4 Å². The van der Waals surface area contributed by atoms with E-state index in [0.717, 1.165) is 32.6 Å². The first kappa shape index (κ1) is 20.3. The summed E-state index contributed by atoms with van der Waals surface area (Å²) in [5.41, 5.74) is 0.484. The van der Waals surface area contributed by atoms with Crippen molar-refractivity contribution in [2.45, 2.75) is 13.3 Å². The van der Waals surface area contributed by atoms with Gasteiger partial charge in [0.25, 0.3) is 0 Å². The van der Waals surface area contributed by atoms with Crippen molar-refractivity contribution in [3.8, 4) is 0 Å². The van der Waals surface area contributed by atoms with E-state index in [9.17, 15) is 14.4 Å². The SMILES string of the molecule is CCCNC(=O)CN1CCN(CC(=O)Nc2ccsc2C(=O)OC)CC1. The summed E-state index contributed by atoms with van der Waals surface area (Å²) in [6, 6.07) is 1.70. The molecule has 1 aliphatic heterocycles. The Morgan fingerprint density at radius 2 is 1.73 bits per heavy atom. The van der Waals surface area contributed by atoms with Crippen molar-refractivity contribution in [3.63, 3.8) is 0 Å². The maximum absolute atomic E-state index is 12.2. The predicted molar refractivity (Wildman–Crippen MR) is 100 cm³/mol. The molecule has 1 saturated heterocycles. The van der Waals surface area contributed by atoms with E-state index in [0.29, 0.717) is 23.7 Å². The van der Waals surface area contributed by atoms with Crippen LogP contribution in [0.1, 0.15) is 23.0 Å². The molecule has 1 aromatic heterocycles. The second kappa shape index (κ2) is 10.2. The second-order valence-corrected chi connectivity index (χ2v) is 7.02. The van der Waals surface area contributed by atoms with Gasteiger partial charge in [-0.25, -0.2) is 4.79 Å². The Labute approximate surface area is 157 Å². The Hall–Kier alpha value is -1.97. The smallest absolute Gasteiger partial charge is 0.350 e. The van der Waals surface area contributed by atoms with Gasteiger partial charge in [0.1, 0.15) is 4.88 Å². The van der Waals surface area contributed by atoms with Gasteiger partial charge in [-0.15, -0.1) is 11.3 Å². The summed E-state index contributed by atoms with van der Waals surface area (Å²) in [5.74, 6) is -0.571. The number of amides is 2. The van der Waals surface area contributed by atoms with E-state index in [1.54, 1.807) is 11.4 Å². The van der Waals surface area contributed by atoms with Gasteiger partial charge >= 0.3 is 5.97 Å². The number of carbonyl (C=O) groups is 3. The summed E-state index contributed by atoms with van der Waals surface area (Å²) < 4.78 is 4.71. The number of nitrogens with zero attached hydrogens (tertiary/aromatic N) is 2. The molecule has 0 bridgehead atoms. The highest BCUT2D eigenvalue weighted by molar-refractivity contribution is 7.12. The largest absolute Gasteiger partial charge is 0.465 e. The fourth-order valence-electron chi connectivity index (χ4n) is 2.68. The van der Waals surface area contributed by atoms with Crippen LogP contribution in [0.4, 0.5) is 5.69 Å². The highest BCUT2D eigenvalue weighted by Gasteiger charge is 2.21. The molecule has 1 aliphatic rings. The molecule has 9 heteroatoms. The minimum absolute atomic E-state index is 0.0471. The molecule has 1 aromatic rings. The predicted octanol–water partition coefficient (Wildman–Crippen LogP) is 0.617. The van der Waals surface area contributed by atoms with Crippen LogP contribution in [0.2, 0.25) is 0 Å². The first-order valence-corrected chi connectivity index (χ1v) is 9.58. The van der Waals surface area contributed by atoms with E-state index < -0.39 is 5.97 Å². The molecule has 1 fully saturated rings. The van der Waals surface area contributed by atoms with E-state index >= 15 is 0 Å². The number of ether oxygens (including phenoxy) is 1. The molecule has 0 saturated carbocycles. The molecule has 0 unspecified atom stereocenters. The zero-order valence-corrected chi connectivity index (χ0v) is 16.1. The third kappa shape index (κ3) is 6.08. The topological polar surface area (TPSA) is 91.0 Å². The van der Waals surface area contributed by atoms with Crippen molar-refractivity contribution >= 4 is 34.8 Å². The zero-order valence-electron chi connectivity index (χ0n) is 15.2. The third-order valence-electron chi connectivity index (χ3n) is 4.08. The number of anilines is 1. The average Bonchev–Trinajstić information content (AvgIpc) is 3.09. The van der Waals surface area contributed by atoms with Gasteiger partial charge in [-0.05, 0) is 17.9 Å². The number of carbonyl (C=O) groups excluding carboxylic acids is 3. The van der Waals surface area contributed by atoms with E-state index in [1.165, 1.54) is 18.4 Å². The summed E-state index contributed by atoms with van der Waals surface area (Å²) in [5, 5.41) is 7.38. The van der Waals surface area contributed by atoms with Gasteiger partial charge < -0.3 is 15.4 Å². The molecule has 144 valence electrons. The number of nitrogens with one attached hydrogen (secondary N) is 2. The number of esters is 1. The summed E-state index contributed by atoms with van der Waals surface area (Å²) >= 11 is 1.23. The van der Waals surface area contributed by atoms with Crippen LogP contribution in [0.5, 0.6) is 0 Å². The lowest BCUT2D eigenvalue weighted by molar-refractivity contribution is -0.123. The van der Waals surface area contributed by atoms with Crippen LogP contribution in [-0.2, 0) is 14.3 Å². The summed E-state index contributed by atoms with van der Waals surface area (Å²) in [6.45, 7) is 6.33. The van der Waals surface area contributed by atoms with Crippen LogP contribution in [0.15, 0.2) is 11.4 Å². The lowest BCUT2D eigenvalue weighted by Crippen LogP contribution is -2.51. The molecular formula is C17H26N4O4S. The number of piperazine rings is 1. The van der Waals surface area contributed by atoms with E-state index in [4.69, 9.17) is 4.74 Å². The van der Waals surface area contributed by atoms with Crippen LogP contribution in [0, 0.1) is 0 Å². The van der Waals surface area contributed by atoms with Crippen LogP contribution in [-0.4, -0.2) is 80.5 Å². The van der Waals surface area contributed by atoms with Crippen molar-refractivity contribution in [2.24, 2.45) is 0 Å². The second-order valence-electron chi connectivity index (χ2n) is 6.11. The van der Waals surface area contributed by atoms with Gasteiger partial charge in [0, 0.05) is 32.7 Å². The van der Waals surface area contributed by atoms with Gasteiger partial charge in [-0.2, -0.15) is 0 Å². The number of methoxy groups -OCH3 is 1. The Bertz CT molecular complexity index is 626. The Balaban J connectivity index is 1.74. The average molecular weight is 382 g/mol. The quantitative estimate of drug-likeness (QED) is 0.641. The molecule has 0 radical (unpaired) electrons. The normalized spacial score (nSPS) is 15.5. The minimum Gasteiger partial charge on any atom is -0.465 e. The van der Waals surface area contributed by atoms with E-state index in [2.05, 4.69) is 15.5 Å². The van der Waals surface area contributed by atoms with E-state index in [-0.39, 0.29) is 18.4 Å². The molecular weight excluding hydrogens is 356 g/mol. The molecule has 2 rings (SSSR count). The summed E-state index contributed by atoms with van der Waals surface area (Å²) in [7, 11) is 1.32. The zero-order chi connectivity index (χ0) is 18.9. The van der Waals surface area contributed by atoms with Crippen LogP contribution >= 0.6 is 11.3 Å². The van der Waals surface area contributed by atoms with Crippen LogP contribution in [0.25, 0.3) is 0 Å². The Morgan fingerprint density at radius 1 is 1.12 bits per heavy atom. The van der Waals surface area contributed by atoms with Crippen molar-refractivity contribution in [3.05, 3.63) is 16.3 Å². The first-order chi connectivity index (χ1) is 12.5. The maximum Gasteiger partial charge on any atom is 0.350 e. The minimum atomic E-state index is -0.453. The van der Waals surface area contributed by atoms with Crippen molar-refractivity contribution in [1.82, 2.24) is 15.1 Å². The molecule has 26 heavy (non-hydrogen) atoms. The number of rotatable bonds is 8. The van der Waals surface area contributed by atoms with Crippen LogP contribution in [0.3, 0.4) is 0 Å².